The molecule has 0 saturated heterocycles. The minimum Gasteiger partial charge on any atom is -0.480 e. The van der Waals surface area contributed by atoms with Crippen LogP contribution in [0.5, 0.6) is 0 Å². The zero-order chi connectivity index (χ0) is 18.8. The maximum atomic E-state index is 11.5. The summed E-state index contributed by atoms with van der Waals surface area (Å²) in [5, 5.41) is 18.8. The number of nitrogens with zero attached hydrogens (tertiary/aromatic N) is 1. The third-order valence-corrected chi connectivity index (χ3v) is 4.49. The second-order valence-electron chi connectivity index (χ2n) is 8.22. The molecule has 0 saturated carbocycles. The molecule has 0 bridgehead atoms. The van der Waals surface area contributed by atoms with Crippen molar-refractivity contribution in [1.82, 2.24) is 4.90 Å². The number of rotatable bonds is 6. The van der Waals surface area contributed by atoms with E-state index in [2.05, 4.69) is 0 Å². The van der Waals surface area contributed by atoms with Crippen LogP contribution in [0.2, 0.25) is 0 Å². The topological polar surface area (TPSA) is 77.8 Å². The van der Waals surface area contributed by atoms with Gasteiger partial charge in [0.2, 0.25) is 0 Å². The fraction of sp³-hybridized carbons (Fsp3) is 0.579. The van der Waals surface area contributed by atoms with E-state index in [4.69, 9.17) is 0 Å². The lowest BCUT2D eigenvalue weighted by Gasteiger charge is -2.59. The van der Waals surface area contributed by atoms with E-state index in [9.17, 15) is 19.8 Å². The van der Waals surface area contributed by atoms with Crippen LogP contribution in [-0.4, -0.2) is 40.1 Å². The van der Waals surface area contributed by atoms with Crippen LogP contribution in [-0.2, 0) is 15.1 Å². The second-order valence-corrected chi connectivity index (χ2v) is 8.22. The van der Waals surface area contributed by atoms with Gasteiger partial charge in [0.1, 0.15) is 0 Å². The molecule has 0 unspecified atom stereocenters. The highest BCUT2D eigenvalue weighted by Gasteiger charge is 2.56. The molecule has 0 fully saturated rings. The molecular weight excluding hydrogens is 306 g/mol. The molecule has 2 N–H and O–H groups in total. The SMILES string of the molecule is CC(C)(C)C(c1ccccc1)(N(CC(=O)O)CC(=O)O)C(C)(C)C. The molecule has 0 aliphatic rings. The predicted octanol–water partition coefficient (Wildman–Crippen LogP) is 3.45. The maximum Gasteiger partial charge on any atom is 0.317 e. The van der Waals surface area contributed by atoms with E-state index in [1.165, 1.54) is 0 Å². The van der Waals surface area contributed by atoms with Gasteiger partial charge < -0.3 is 10.2 Å². The van der Waals surface area contributed by atoms with Gasteiger partial charge in [-0.3, -0.25) is 14.5 Å². The van der Waals surface area contributed by atoms with Crippen LogP contribution in [0, 0.1) is 10.8 Å². The average Bonchev–Trinajstić information content (AvgIpc) is 2.35. The number of carboxylic acid groups (broad SMARTS) is 2. The Morgan fingerprint density at radius 1 is 0.833 bits per heavy atom. The first-order valence-corrected chi connectivity index (χ1v) is 8.08. The van der Waals surface area contributed by atoms with E-state index in [0.29, 0.717) is 0 Å². The van der Waals surface area contributed by atoms with Crippen molar-refractivity contribution in [1.29, 1.82) is 0 Å². The quantitative estimate of drug-likeness (QED) is 0.832. The van der Waals surface area contributed by atoms with Crippen molar-refractivity contribution >= 4 is 11.9 Å². The summed E-state index contributed by atoms with van der Waals surface area (Å²) >= 11 is 0. The number of benzene rings is 1. The molecule has 5 heteroatoms. The molecule has 0 aliphatic heterocycles. The molecule has 5 nitrogen and oxygen atoms in total. The summed E-state index contributed by atoms with van der Waals surface area (Å²) in [6.45, 7) is 11.5. The fourth-order valence-corrected chi connectivity index (χ4v) is 4.42. The maximum absolute atomic E-state index is 11.5. The minimum atomic E-state index is -1.04. The highest BCUT2D eigenvalue weighted by molar-refractivity contribution is 5.73. The molecule has 0 amide bonds. The Hall–Kier alpha value is -1.88. The van der Waals surface area contributed by atoms with Gasteiger partial charge in [0, 0.05) is 0 Å². The molecule has 0 spiro atoms. The first kappa shape index (κ1) is 20.2. The van der Waals surface area contributed by atoms with Crippen molar-refractivity contribution in [2.75, 3.05) is 13.1 Å². The number of carboxylic acids is 2. The zero-order valence-corrected chi connectivity index (χ0v) is 15.5. The van der Waals surface area contributed by atoms with Crippen LogP contribution in [0.1, 0.15) is 47.1 Å². The normalized spacial score (nSPS) is 13.1. The van der Waals surface area contributed by atoms with Crippen LogP contribution in [0.3, 0.4) is 0 Å². The van der Waals surface area contributed by atoms with Gasteiger partial charge >= 0.3 is 11.9 Å². The Labute approximate surface area is 144 Å². The molecule has 24 heavy (non-hydrogen) atoms. The molecular formula is C19H29NO4. The smallest absolute Gasteiger partial charge is 0.317 e. The van der Waals surface area contributed by atoms with E-state index in [0.717, 1.165) is 5.56 Å². The molecule has 0 atom stereocenters. The second kappa shape index (κ2) is 6.93. The zero-order valence-electron chi connectivity index (χ0n) is 15.5. The summed E-state index contributed by atoms with van der Waals surface area (Å²) in [6.07, 6.45) is 0. The van der Waals surface area contributed by atoms with Gasteiger partial charge in [0.25, 0.3) is 0 Å². The standard InChI is InChI=1S/C19H29NO4/c1-17(2,3)19(18(4,5)6,14-10-8-7-9-11-14)20(12-15(21)22)13-16(23)24/h7-11H,12-13H2,1-6H3,(H,21,22)(H,23,24). The third kappa shape index (κ3) is 3.78. The molecule has 0 aliphatic carbocycles. The van der Waals surface area contributed by atoms with Crippen LogP contribution in [0.4, 0.5) is 0 Å². The van der Waals surface area contributed by atoms with E-state index < -0.39 is 28.3 Å². The van der Waals surface area contributed by atoms with Crippen LogP contribution >= 0.6 is 0 Å². The largest absolute Gasteiger partial charge is 0.480 e. The summed E-state index contributed by atoms with van der Waals surface area (Å²) < 4.78 is 0. The molecule has 0 radical (unpaired) electrons. The van der Waals surface area contributed by atoms with Crippen molar-refractivity contribution in [2.45, 2.75) is 47.1 Å². The fourth-order valence-electron chi connectivity index (χ4n) is 4.42. The Balaban J connectivity index is 3.78. The molecule has 1 aromatic carbocycles. The number of hydrogen-bond donors (Lipinski definition) is 2. The highest BCUT2D eigenvalue weighted by atomic mass is 16.4. The van der Waals surface area contributed by atoms with Crippen LogP contribution in [0.15, 0.2) is 30.3 Å². The summed E-state index contributed by atoms with van der Waals surface area (Å²) in [6, 6.07) is 9.61. The Bertz CT molecular complexity index is 552. The highest BCUT2D eigenvalue weighted by Crippen LogP contribution is 2.55. The van der Waals surface area contributed by atoms with Gasteiger partial charge in [-0.1, -0.05) is 71.9 Å². The molecule has 1 aromatic rings. The predicted molar refractivity (Wildman–Crippen MR) is 93.9 cm³/mol. The van der Waals surface area contributed by atoms with Crippen molar-refractivity contribution in [2.24, 2.45) is 10.8 Å². The van der Waals surface area contributed by atoms with E-state index in [-0.39, 0.29) is 13.1 Å². The van der Waals surface area contributed by atoms with Gasteiger partial charge in [-0.2, -0.15) is 0 Å². The monoisotopic (exact) mass is 335 g/mol. The lowest BCUT2D eigenvalue weighted by Crippen LogP contribution is -2.63. The first-order chi connectivity index (χ1) is 10.8. The van der Waals surface area contributed by atoms with Gasteiger partial charge in [-0.15, -0.1) is 0 Å². The van der Waals surface area contributed by atoms with Gasteiger partial charge in [-0.25, -0.2) is 0 Å². The van der Waals surface area contributed by atoms with Crippen LogP contribution in [0.25, 0.3) is 0 Å². The van der Waals surface area contributed by atoms with Gasteiger partial charge in [-0.05, 0) is 16.4 Å². The van der Waals surface area contributed by atoms with Gasteiger partial charge in [0.15, 0.2) is 0 Å². The number of hydrogen-bond acceptors (Lipinski definition) is 3. The summed E-state index contributed by atoms with van der Waals surface area (Å²) in [4.78, 5) is 24.6. The first-order valence-electron chi connectivity index (χ1n) is 8.08. The lowest BCUT2D eigenvalue weighted by molar-refractivity contribution is -0.156. The number of aliphatic carboxylic acids is 2. The number of carbonyl (C=O) groups is 2. The Morgan fingerprint density at radius 2 is 1.21 bits per heavy atom. The van der Waals surface area contributed by atoms with Crippen molar-refractivity contribution < 1.29 is 19.8 Å². The molecule has 0 heterocycles. The Kier molecular flexibility index (Phi) is 5.82. The average molecular weight is 335 g/mol. The summed E-state index contributed by atoms with van der Waals surface area (Å²) in [5.74, 6) is -2.07. The molecule has 134 valence electrons. The van der Waals surface area contributed by atoms with Crippen LogP contribution < -0.4 is 0 Å². The molecule has 0 aromatic heterocycles. The minimum absolute atomic E-state index is 0.338. The molecule has 1 rings (SSSR count). The van der Waals surface area contributed by atoms with E-state index in [1.54, 1.807) is 4.90 Å². The summed E-state index contributed by atoms with van der Waals surface area (Å²) in [7, 11) is 0. The van der Waals surface area contributed by atoms with Gasteiger partial charge in [0.05, 0.1) is 18.6 Å². The Morgan fingerprint density at radius 3 is 1.50 bits per heavy atom. The summed E-state index contributed by atoms with van der Waals surface area (Å²) in [5.41, 5.74) is -0.667. The van der Waals surface area contributed by atoms with E-state index in [1.807, 2.05) is 71.9 Å². The van der Waals surface area contributed by atoms with Crippen molar-refractivity contribution in [3.8, 4) is 0 Å². The van der Waals surface area contributed by atoms with E-state index >= 15 is 0 Å². The van der Waals surface area contributed by atoms with Crippen molar-refractivity contribution in [3.05, 3.63) is 35.9 Å². The third-order valence-electron chi connectivity index (χ3n) is 4.49. The van der Waals surface area contributed by atoms with Crippen molar-refractivity contribution in [3.63, 3.8) is 0 Å². The lowest BCUT2D eigenvalue weighted by atomic mass is 9.56.